The van der Waals surface area contributed by atoms with Crippen molar-refractivity contribution in [1.82, 2.24) is 19.7 Å². The van der Waals surface area contributed by atoms with Crippen molar-refractivity contribution in [3.05, 3.63) is 43.0 Å². The van der Waals surface area contributed by atoms with E-state index in [2.05, 4.69) is 15.2 Å². The Morgan fingerprint density at radius 1 is 1.14 bits per heavy atom. The molecule has 1 amide bonds. The summed E-state index contributed by atoms with van der Waals surface area (Å²) in [5.41, 5.74) is 0.982. The summed E-state index contributed by atoms with van der Waals surface area (Å²) in [6.45, 7) is 2.08. The summed E-state index contributed by atoms with van der Waals surface area (Å²) in [4.78, 5) is 30.3. The molecule has 0 spiro atoms. The van der Waals surface area contributed by atoms with Gasteiger partial charge >= 0.3 is 5.97 Å². The zero-order valence-electron chi connectivity index (χ0n) is 15.4. The number of piperidine rings is 1. The second-order valence-electron chi connectivity index (χ2n) is 7.14. The Labute approximate surface area is 162 Å². The van der Waals surface area contributed by atoms with E-state index in [1.807, 2.05) is 22.9 Å². The van der Waals surface area contributed by atoms with Crippen LogP contribution in [0.1, 0.15) is 19.3 Å². The number of amides is 1. The van der Waals surface area contributed by atoms with Crippen molar-refractivity contribution in [2.75, 3.05) is 18.1 Å². The van der Waals surface area contributed by atoms with Crippen molar-refractivity contribution < 1.29 is 14.7 Å². The first-order valence-corrected chi connectivity index (χ1v) is 9.38. The van der Waals surface area contributed by atoms with Gasteiger partial charge in [0.15, 0.2) is 6.04 Å². The smallest absolute Gasteiger partial charge is 0.328 e. The van der Waals surface area contributed by atoms with Gasteiger partial charge in [-0.05, 0) is 30.9 Å². The van der Waals surface area contributed by atoms with Crippen LogP contribution in [0.15, 0.2) is 48.1 Å². The molecule has 1 N–H and O–H groups in total. The molecule has 1 aromatic carbocycles. The first kappa shape index (κ1) is 18.1. The van der Waals surface area contributed by atoms with Crippen LogP contribution in [-0.4, -0.2) is 61.5 Å². The molecule has 28 heavy (non-hydrogen) atoms. The third-order valence-electron chi connectivity index (χ3n) is 5.28. The molecule has 146 valence electrons. The Morgan fingerprint density at radius 2 is 1.89 bits per heavy atom. The summed E-state index contributed by atoms with van der Waals surface area (Å²) in [7, 11) is 0. The van der Waals surface area contributed by atoms with Crippen LogP contribution in [-0.2, 0) is 16.1 Å². The van der Waals surface area contributed by atoms with Crippen molar-refractivity contribution in [1.29, 1.82) is 0 Å². The van der Waals surface area contributed by atoms with E-state index in [0.717, 1.165) is 19.4 Å². The highest BCUT2D eigenvalue weighted by Crippen LogP contribution is 2.26. The van der Waals surface area contributed by atoms with Gasteiger partial charge in [0, 0.05) is 26.1 Å². The predicted molar refractivity (Wildman–Crippen MR) is 102 cm³/mol. The van der Waals surface area contributed by atoms with Crippen LogP contribution >= 0.6 is 0 Å². The molecule has 4 rings (SSSR count). The lowest BCUT2D eigenvalue weighted by molar-refractivity contribution is -0.138. The van der Waals surface area contributed by atoms with Gasteiger partial charge in [-0.25, -0.2) is 9.78 Å². The number of carboxylic acid groups (broad SMARTS) is 1. The minimum absolute atomic E-state index is 0.113. The number of hydrogen-bond donors (Lipinski definition) is 1. The fourth-order valence-electron chi connectivity index (χ4n) is 3.74. The molecule has 1 saturated heterocycles. The highest BCUT2D eigenvalue weighted by Gasteiger charge is 2.38. The number of aliphatic carboxylic acids is 1. The van der Waals surface area contributed by atoms with Crippen LogP contribution in [0, 0.1) is 5.92 Å². The Kier molecular flexibility index (Phi) is 5.05. The number of carbonyl (C=O) groups excluding carboxylic acids is 1. The number of hydrogen-bond acceptors (Lipinski definition) is 6. The van der Waals surface area contributed by atoms with Gasteiger partial charge < -0.3 is 10.0 Å². The van der Waals surface area contributed by atoms with Crippen LogP contribution in [0.5, 0.6) is 0 Å². The van der Waals surface area contributed by atoms with Crippen LogP contribution < -0.4 is 5.01 Å². The number of benzene rings is 1. The molecule has 0 aliphatic carbocycles. The van der Waals surface area contributed by atoms with E-state index in [9.17, 15) is 14.7 Å². The maximum absolute atomic E-state index is 12.9. The molecule has 2 aliphatic heterocycles. The van der Waals surface area contributed by atoms with E-state index in [0.29, 0.717) is 30.4 Å². The predicted octanol–water partition coefficient (Wildman–Crippen LogP) is 1.24. The topological polar surface area (TPSA) is 104 Å². The van der Waals surface area contributed by atoms with Crippen molar-refractivity contribution in [3.63, 3.8) is 0 Å². The molecule has 0 saturated carbocycles. The molecule has 9 heteroatoms. The third kappa shape index (κ3) is 3.73. The Balaban J connectivity index is 1.41. The van der Waals surface area contributed by atoms with Gasteiger partial charge in [-0.15, -0.1) is 0 Å². The van der Waals surface area contributed by atoms with Gasteiger partial charge in [-0.3, -0.25) is 14.5 Å². The van der Waals surface area contributed by atoms with E-state index >= 15 is 0 Å². The Bertz CT molecular complexity index is 859. The number of anilines is 1. The summed E-state index contributed by atoms with van der Waals surface area (Å²) in [5.74, 6) is -0.699. The number of hydrazone groups is 1. The lowest BCUT2D eigenvalue weighted by Gasteiger charge is -2.31. The van der Waals surface area contributed by atoms with Crippen molar-refractivity contribution in [3.8, 4) is 0 Å². The molecule has 1 fully saturated rings. The van der Waals surface area contributed by atoms with E-state index in [-0.39, 0.29) is 12.3 Å². The zero-order chi connectivity index (χ0) is 19.5. The van der Waals surface area contributed by atoms with Gasteiger partial charge in [0.1, 0.15) is 18.4 Å². The minimum atomic E-state index is -0.984. The number of aromatic nitrogens is 3. The highest BCUT2D eigenvalue weighted by atomic mass is 16.4. The summed E-state index contributed by atoms with van der Waals surface area (Å²) < 4.78 is 1.82. The number of likely N-dealkylation sites (tertiary alicyclic amines) is 1. The van der Waals surface area contributed by atoms with E-state index in [1.165, 1.54) is 11.3 Å². The maximum atomic E-state index is 12.9. The van der Waals surface area contributed by atoms with Crippen molar-refractivity contribution in [2.45, 2.75) is 31.8 Å². The molecule has 9 nitrogen and oxygen atoms in total. The molecular formula is C19H22N6O3. The molecule has 1 unspecified atom stereocenters. The average molecular weight is 382 g/mol. The fourth-order valence-corrected chi connectivity index (χ4v) is 3.74. The number of carbonyl (C=O) groups is 2. The van der Waals surface area contributed by atoms with Crippen molar-refractivity contribution >= 4 is 23.3 Å². The highest BCUT2D eigenvalue weighted by molar-refractivity contribution is 6.40. The third-order valence-corrected chi connectivity index (χ3v) is 5.28. The number of carboxylic acids is 1. The Morgan fingerprint density at radius 3 is 2.54 bits per heavy atom. The summed E-state index contributed by atoms with van der Waals surface area (Å²) in [6, 6.07) is 8.23. The van der Waals surface area contributed by atoms with Crippen molar-refractivity contribution in [2.24, 2.45) is 11.0 Å². The van der Waals surface area contributed by atoms with Gasteiger partial charge in [0.2, 0.25) is 0 Å². The Hall–Kier alpha value is -3.23. The zero-order valence-corrected chi connectivity index (χ0v) is 15.4. The standard InChI is InChI=1S/C19H22N6O3/c26-18(23-8-6-14(7-9-23)11-24-13-20-12-21-24)16-10-17(19(27)28)25(22-16)15-4-2-1-3-5-15/h1-5,12-14,17H,6-11H2,(H,27,28). The lowest BCUT2D eigenvalue weighted by Crippen LogP contribution is -2.43. The van der Waals surface area contributed by atoms with Crippen LogP contribution in [0.4, 0.5) is 5.69 Å². The van der Waals surface area contributed by atoms with E-state index < -0.39 is 12.0 Å². The van der Waals surface area contributed by atoms with Crippen LogP contribution in [0.2, 0.25) is 0 Å². The van der Waals surface area contributed by atoms with Gasteiger partial charge in [0.25, 0.3) is 5.91 Å². The number of nitrogens with zero attached hydrogens (tertiary/aromatic N) is 6. The van der Waals surface area contributed by atoms with Gasteiger partial charge in [-0.1, -0.05) is 18.2 Å². The van der Waals surface area contributed by atoms with Crippen LogP contribution in [0.25, 0.3) is 0 Å². The molecule has 1 atom stereocenters. The van der Waals surface area contributed by atoms with E-state index in [4.69, 9.17) is 0 Å². The molecular weight excluding hydrogens is 360 g/mol. The van der Waals surface area contributed by atoms with Gasteiger partial charge in [-0.2, -0.15) is 10.2 Å². The fraction of sp³-hybridized carbons (Fsp3) is 0.421. The number of para-hydroxylation sites is 1. The largest absolute Gasteiger partial charge is 0.480 e. The van der Waals surface area contributed by atoms with Gasteiger partial charge in [0.05, 0.1) is 5.69 Å². The normalized spacial score (nSPS) is 20.3. The van der Waals surface area contributed by atoms with E-state index in [1.54, 1.807) is 23.4 Å². The molecule has 2 aromatic rings. The first-order valence-electron chi connectivity index (χ1n) is 9.38. The average Bonchev–Trinajstić information content (AvgIpc) is 3.39. The lowest BCUT2D eigenvalue weighted by atomic mass is 9.96. The van der Waals surface area contributed by atoms with Crippen LogP contribution in [0.3, 0.4) is 0 Å². The molecule has 2 aliphatic rings. The molecule has 3 heterocycles. The molecule has 0 radical (unpaired) electrons. The summed E-state index contributed by atoms with van der Waals surface area (Å²) >= 11 is 0. The minimum Gasteiger partial charge on any atom is -0.480 e. The number of rotatable bonds is 5. The second-order valence-corrected chi connectivity index (χ2v) is 7.14. The second kappa shape index (κ2) is 7.79. The molecule has 1 aromatic heterocycles. The maximum Gasteiger partial charge on any atom is 0.328 e. The quantitative estimate of drug-likeness (QED) is 0.834. The summed E-state index contributed by atoms with van der Waals surface area (Å²) in [5, 5.41) is 19.5. The first-order chi connectivity index (χ1) is 13.6. The summed E-state index contributed by atoms with van der Waals surface area (Å²) in [6.07, 6.45) is 5.10. The molecule has 0 bridgehead atoms. The SMILES string of the molecule is O=C(O)C1CC(C(=O)N2CCC(Cn3cncn3)CC2)=NN1c1ccccc1. The monoisotopic (exact) mass is 382 g/mol.